The molecular formula is C16H25N3O. The van der Waals surface area contributed by atoms with E-state index in [9.17, 15) is 4.79 Å². The Hall–Kier alpha value is -1.71. The predicted molar refractivity (Wildman–Crippen MR) is 84.1 cm³/mol. The SMILES string of the molecule is CN(C)c1ccc(C(=O)NC2CCCC2(C)C)cc1N. The summed E-state index contributed by atoms with van der Waals surface area (Å²) in [4.78, 5) is 14.3. The standard InChI is InChI=1S/C16H25N3O/c1-16(2)9-5-6-14(16)18-15(20)11-7-8-13(19(3)4)12(17)10-11/h7-8,10,14H,5-6,9,17H2,1-4H3,(H,18,20). The molecular weight excluding hydrogens is 250 g/mol. The highest BCUT2D eigenvalue weighted by Crippen LogP contribution is 2.37. The Labute approximate surface area is 121 Å². The molecule has 20 heavy (non-hydrogen) atoms. The zero-order valence-electron chi connectivity index (χ0n) is 12.9. The summed E-state index contributed by atoms with van der Waals surface area (Å²) in [6.07, 6.45) is 3.41. The number of carbonyl (C=O) groups is 1. The molecule has 1 saturated carbocycles. The number of hydrogen-bond acceptors (Lipinski definition) is 3. The van der Waals surface area contributed by atoms with Crippen LogP contribution in [0.1, 0.15) is 43.5 Å². The average Bonchev–Trinajstić information content (AvgIpc) is 2.68. The summed E-state index contributed by atoms with van der Waals surface area (Å²) in [6.45, 7) is 4.43. The van der Waals surface area contributed by atoms with Crippen LogP contribution < -0.4 is 16.0 Å². The van der Waals surface area contributed by atoms with Crippen molar-refractivity contribution in [1.29, 1.82) is 0 Å². The summed E-state index contributed by atoms with van der Waals surface area (Å²) in [7, 11) is 3.87. The molecule has 3 N–H and O–H groups in total. The Bertz CT molecular complexity index is 508. The zero-order valence-corrected chi connectivity index (χ0v) is 12.9. The van der Waals surface area contributed by atoms with E-state index < -0.39 is 0 Å². The van der Waals surface area contributed by atoms with Crippen LogP contribution in [-0.4, -0.2) is 26.0 Å². The van der Waals surface area contributed by atoms with Crippen molar-refractivity contribution in [1.82, 2.24) is 5.32 Å². The number of nitrogens with two attached hydrogens (primary N) is 1. The molecule has 4 heteroatoms. The van der Waals surface area contributed by atoms with E-state index in [4.69, 9.17) is 5.73 Å². The summed E-state index contributed by atoms with van der Waals surface area (Å²) in [5, 5.41) is 3.15. The van der Waals surface area contributed by atoms with Gasteiger partial charge in [-0.3, -0.25) is 4.79 Å². The van der Waals surface area contributed by atoms with Crippen molar-refractivity contribution < 1.29 is 4.79 Å². The molecule has 0 heterocycles. The predicted octanol–water partition coefficient (Wildman–Crippen LogP) is 2.64. The van der Waals surface area contributed by atoms with Gasteiger partial charge < -0.3 is 16.0 Å². The van der Waals surface area contributed by atoms with E-state index in [2.05, 4.69) is 19.2 Å². The van der Waals surface area contributed by atoms with Crippen molar-refractivity contribution in [2.45, 2.75) is 39.2 Å². The molecule has 0 radical (unpaired) electrons. The third-order valence-electron chi connectivity index (χ3n) is 4.33. The second-order valence-electron chi connectivity index (χ2n) is 6.57. The smallest absolute Gasteiger partial charge is 0.251 e. The minimum Gasteiger partial charge on any atom is -0.397 e. The fraction of sp³-hybridized carbons (Fsp3) is 0.562. The van der Waals surface area contributed by atoms with Gasteiger partial charge in [0.15, 0.2) is 0 Å². The lowest BCUT2D eigenvalue weighted by molar-refractivity contribution is 0.0910. The quantitative estimate of drug-likeness (QED) is 0.834. The minimum atomic E-state index is -0.0259. The monoisotopic (exact) mass is 275 g/mol. The van der Waals surface area contributed by atoms with Crippen molar-refractivity contribution >= 4 is 17.3 Å². The van der Waals surface area contributed by atoms with Crippen LogP contribution in [0.3, 0.4) is 0 Å². The molecule has 0 saturated heterocycles. The Morgan fingerprint density at radius 2 is 2.10 bits per heavy atom. The third-order valence-corrected chi connectivity index (χ3v) is 4.33. The van der Waals surface area contributed by atoms with E-state index in [0.717, 1.165) is 12.1 Å². The van der Waals surface area contributed by atoms with E-state index in [1.807, 2.05) is 31.1 Å². The molecule has 1 aliphatic carbocycles. The van der Waals surface area contributed by atoms with Crippen molar-refractivity contribution in [2.24, 2.45) is 5.41 Å². The van der Waals surface area contributed by atoms with Crippen molar-refractivity contribution in [3.63, 3.8) is 0 Å². The molecule has 1 aliphatic rings. The number of carbonyl (C=O) groups excluding carboxylic acids is 1. The van der Waals surface area contributed by atoms with Gasteiger partial charge in [0.1, 0.15) is 0 Å². The van der Waals surface area contributed by atoms with Crippen LogP contribution >= 0.6 is 0 Å². The first-order valence-electron chi connectivity index (χ1n) is 7.19. The molecule has 1 fully saturated rings. The number of anilines is 2. The van der Waals surface area contributed by atoms with Gasteiger partial charge in [0.2, 0.25) is 0 Å². The molecule has 0 bridgehead atoms. The Morgan fingerprint density at radius 3 is 2.60 bits per heavy atom. The van der Waals surface area contributed by atoms with Gasteiger partial charge in [-0.15, -0.1) is 0 Å². The maximum Gasteiger partial charge on any atom is 0.251 e. The average molecular weight is 275 g/mol. The first kappa shape index (κ1) is 14.7. The van der Waals surface area contributed by atoms with Gasteiger partial charge in [0.25, 0.3) is 5.91 Å². The van der Waals surface area contributed by atoms with Gasteiger partial charge in [-0.2, -0.15) is 0 Å². The molecule has 1 unspecified atom stereocenters. The van der Waals surface area contributed by atoms with Crippen molar-refractivity contribution in [2.75, 3.05) is 24.7 Å². The fourth-order valence-electron chi connectivity index (χ4n) is 2.94. The molecule has 0 spiro atoms. The van der Waals surface area contributed by atoms with Crippen molar-refractivity contribution in [3.05, 3.63) is 23.8 Å². The van der Waals surface area contributed by atoms with Crippen LogP contribution in [0.25, 0.3) is 0 Å². The summed E-state index contributed by atoms with van der Waals surface area (Å²) >= 11 is 0. The number of benzene rings is 1. The fourth-order valence-corrected chi connectivity index (χ4v) is 2.94. The number of amides is 1. The highest BCUT2D eigenvalue weighted by atomic mass is 16.1. The van der Waals surface area contributed by atoms with Gasteiger partial charge in [-0.25, -0.2) is 0 Å². The van der Waals surface area contributed by atoms with E-state index >= 15 is 0 Å². The number of nitrogen functional groups attached to an aromatic ring is 1. The van der Waals surface area contributed by atoms with Gasteiger partial charge in [0, 0.05) is 25.7 Å². The van der Waals surface area contributed by atoms with Crippen LogP contribution in [-0.2, 0) is 0 Å². The Morgan fingerprint density at radius 1 is 1.40 bits per heavy atom. The second kappa shape index (κ2) is 5.35. The Kier molecular flexibility index (Phi) is 3.93. The molecule has 1 aromatic rings. The first-order valence-corrected chi connectivity index (χ1v) is 7.19. The highest BCUT2D eigenvalue weighted by Gasteiger charge is 2.35. The maximum absolute atomic E-state index is 12.3. The normalized spacial score (nSPS) is 20.7. The topological polar surface area (TPSA) is 58.4 Å². The molecule has 1 atom stereocenters. The van der Waals surface area contributed by atoms with Gasteiger partial charge in [-0.1, -0.05) is 20.3 Å². The first-order chi connectivity index (χ1) is 9.31. The van der Waals surface area contributed by atoms with E-state index in [1.54, 1.807) is 6.07 Å². The summed E-state index contributed by atoms with van der Waals surface area (Å²) < 4.78 is 0. The number of hydrogen-bond donors (Lipinski definition) is 2. The maximum atomic E-state index is 12.3. The van der Waals surface area contributed by atoms with Gasteiger partial charge in [-0.05, 0) is 36.5 Å². The lowest BCUT2D eigenvalue weighted by Gasteiger charge is -2.28. The Balaban J connectivity index is 2.12. The zero-order chi connectivity index (χ0) is 14.9. The van der Waals surface area contributed by atoms with E-state index in [-0.39, 0.29) is 17.4 Å². The molecule has 1 amide bonds. The second-order valence-corrected chi connectivity index (χ2v) is 6.57. The molecule has 1 aromatic carbocycles. The lowest BCUT2D eigenvalue weighted by Crippen LogP contribution is -2.41. The largest absolute Gasteiger partial charge is 0.397 e. The van der Waals surface area contributed by atoms with Crippen molar-refractivity contribution in [3.8, 4) is 0 Å². The molecule has 2 rings (SSSR count). The van der Waals surface area contributed by atoms with Crippen LogP contribution in [0, 0.1) is 5.41 Å². The number of nitrogens with zero attached hydrogens (tertiary/aromatic N) is 1. The summed E-state index contributed by atoms with van der Waals surface area (Å²) in [5.74, 6) is -0.0259. The molecule has 110 valence electrons. The highest BCUT2D eigenvalue weighted by molar-refractivity contribution is 5.96. The van der Waals surface area contributed by atoms with Crippen LogP contribution in [0.5, 0.6) is 0 Å². The number of rotatable bonds is 3. The number of nitrogens with one attached hydrogen (secondary N) is 1. The minimum absolute atomic E-state index is 0.0259. The third kappa shape index (κ3) is 2.89. The van der Waals surface area contributed by atoms with E-state index in [0.29, 0.717) is 11.3 Å². The van der Waals surface area contributed by atoms with Gasteiger partial charge in [0.05, 0.1) is 11.4 Å². The van der Waals surface area contributed by atoms with Gasteiger partial charge >= 0.3 is 0 Å². The lowest BCUT2D eigenvalue weighted by atomic mass is 9.87. The summed E-state index contributed by atoms with van der Waals surface area (Å²) in [5.41, 5.74) is 8.39. The molecule has 0 aliphatic heterocycles. The molecule has 4 nitrogen and oxygen atoms in total. The van der Waals surface area contributed by atoms with Crippen LogP contribution in [0.15, 0.2) is 18.2 Å². The van der Waals surface area contributed by atoms with Crippen LogP contribution in [0.2, 0.25) is 0 Å². The van der Waals surface area contributed by atoms with Crippen LogP contribution in [0.4, 0.5) is 11.4 Å². The van der Waals surface area contributed by atoms with E-state index in [1.165, 1.54) is 12.8 Å². The summed E-state index contributed by atoms with van der Waals surface area (Å²) in [6, 6.07) is 5.74. The molecule has 0 aromatic heterocycles.